The summed E-state index contributed by atoms with van der Waals surface area (Å²) in [7, 11) is 0. The maximum absolute atomic E-state index is 10.4. The van der Waals surface area contributed by atoms with E-state index < -0.39 is 5.97 Å². The van der Waals surface area contributed by atoms with E-state index in [-0.39, 0.29) is 25.3 Å². The number of ether oxygens (including phenoxy) is 2. The second-order valence-corrected chi connectivity index (χ2v) is 9.94. The topological polar surface area (TPSA) is 202 Å². The normalized spacial score (nSPS) is 9.65. The van der Waals surface area contributed by atoms with Crippen molar-refractivity contribution >= 4 is 38.3 Å². The van der Waals surface area contributed by atoms with Crippen molar-refractivity contribution in [3.05, 3.63) is 72.8 Å². The summed E-state index contributed by atoms with van der Waals surface area (Å²) in [6.45, 7) is 14.2. The third kappa shape index (κ3) is 104. The molecule has 1 aliphatic carbocycles. The summed E-state index contributed by atoms with van der Waals surface area (Å²) in [4.78, 5) is 54.4. The van der Waals surface area contributed by atoms with Crippen LogP contribution < -0.4 is 0 Å². The molecule has 0 unspecified atom stereocenters. The number of unbranched alkanes of at least 4 members (excludes halogenated alkanes) is 4. The van der Waals surface area contributed by atoms with Crippen LogP contribution in [0, 0.1) is 5.92 Å². The van der Waals surface area contributed by atoms with Crippen molar-refractivity contribution in [2.75, 3.05) is 13.2 Å². The van der Waals surface area contributed by atoms with Crippen LogP contribution in [0.3, 0.4) is 0 Å². The number of carboxylic acid groups (broad SMARTS) is 4. The molecule has 0 radical (unpaired) electrons. The smallest absolute Gasteiger partial charge is 0.306 e. The van der Waals surface area contributed by atoms with Crippen molar-refractivity contribution in [1.29, 1.82) is 0 Å². The van der Waals surface area contributed by atoms with Gasteiger partial charge in [-0.25, -0.2) is 0 Å². The first-order valence-corrected chi connectivity index (χ1v) is 17.8. The molecule has 1 aliphatic rings. The van der Waals surface area contributed by atoms with E-state index in [0.29, 0.717) is 26.2 Å². The molecule has 0 atom stereocenters. The van der Waals surface area contributed by atoms with Crippen LogP contribution in [0.5, 0.6) is 0 Å². The van der Waals surface area contributed by atoms with Crippen LogP contribution in [-0.2, 0) is 38.2 Å². The van der Waals surface area contributed by atoms with Gasteiger partial charge in [-0.3, -0.25) is 28.8 Å². The molecule has 0 bridgehead atoms. The summed E-state index contributed by atoms with van der Waals surface area (Å²) in [5.74, 6) is -0.631. The van der Waals surface area contributed by atoms with Gasteiger partial charge in [0, 0.05) is 0 Å². The Hall–Kier alpha value is -4.74. The van der Waals surface area contributed by atoms with Crippen LogP contribution in [0.4, 0.5) is 0 Å². The molecule has 2 aromatic carbocycles. The van der Waals surface area contributed by atoms with E-state index in [1.54, 1.807) is 0 Å². The quantitative estimate of drug-likeness (QED) is 0.126. The van der Waals surface area contributed by atoms with Crippen molar-refractivity contribution in [2.24, 2.45) is 5.92 Å². The average molecular weight is 743 g/mol. The molecule has 12 nitrogen and oxygen atoms in total. The molecule has 0 saturated heterocycles. The third-order valence-corrected chi connectivity index (χ3v) is 5.66. The molecule has 0 amide bonds. The van der Waals surface area contributed by atoms with Crippen molar-refractivity contribution in [3.63, 3.8) is 0 Å². The zero-order valence-corrected chi connectivity index (χ0v) is 32.6. The monoisotopic (exact) mass is 742 g/mol. The number of carbonyl (C=O) groups excluding carboxylic acids is 2. The van der Waals surface area contributed by atoms with Crippen molar-refractivity contribution in [1.82, 2.24) is 0 Å². The van der Waals surface area contributed by atoms with Crippen LogP contribution >= 0.6 is 0 Å². The van der Waals surface area contributed by atoms with Gasteiger partial charge in [-0.05, 0) is 25.7 Å². The third-order valence-electron chi connectivity index (χ3n) is 5.66. The summed E-state index contributed by atoms with van der Waals surface area (Å²) in [5.41, 5.74) is 0. The Labute approximate surface area is 313 Å². The zero-order valence-electron chi connectivity index (χ0n) is 32.6. The first-order valence-electron chi connectivity index (χ1n) is 17.8. The lowest BCUT2D eigenvalue weighted by Crippen LogP contribution is -2.16. The summed E-state index contributed by atoms with van der Waals surface area (Å²) in [6.07, 6.45) is 14.6. The molecule has 0 heterocycles. The Morgan fingerprint density at radius 2 is 0.731 bits per heavy atom. The van der Waals surface area contributed by atoms with Gasteiger partial charge in [0.25, 0.3) is 32.4 Å². The predicted octanol–water partition coefficient (Wildman–Crippen LogP) is 9.66. The number of aliphatic carboxylic acids is 1. The predicted molar refractivity (Wildman–Crippen MR) is 208 cm³/mol. The number of hydrogen-bond acceptors (Lipinski definition) is 8. The molecule has 52 heavy (non-hydrogen) atoms. The van der Waals surface area contributed by atoms with Gasteiger partial charge in [-0.1, -0.05) is 172 Å². The van der Waals surface area contributed by atoms with Gasteiger partial charge < -0.3 is 29.9 Å². The molecule has 0 aliphatic heterocycles. The Morgan fingerprint density at radius 1 is 0.500 bits per heavy atom. The molecule has 4 N–H and O–H groups in total. The molecule has 2 aromatic rings. The van der Waals surface area contributed by atoms with E-state index in [4.69, 9.17) is 34.8 Å². The lowest BCUT2D eigenvalue weighted by molar-refractivity contribution is -0.142. The first-order chi connectivity index (χ1) is 25.2. The Balaban J connectivity index is -0.0000000886. The highest BCUT2D eigenvalue weighted by molar-refractivity contribution is 5.69. The standard InChI is InChI=1S/C7H12O2.2C6H6.2C5H10O2.2C4H10.3CH2O2/c8-7(9)6-4-2-1-3-5-6;2*1-2-4-6-5-3-1;2*1-2-3-4-7-5-6;2*1-3-4-2;3*2-1-3/h6H,1-5H2,(H,8,9);2*1-6H;2*5H,2-4H2,1H3;2*3-4H2,1-2H3;3*1H,(H,2,3). The highest BCUT2D eigenvalue weighted by atomic mass is 16.5. The number of rotatable bonds is 11. The van der Waals surface area contributed by atoms with E-state index in [0.717, 1.165) is 51.4 Å². The largest absolute Gasteiger partial charge is 0.483 e. The minimum absolute atomic E-state index is 0.0289. The molecular weight excluding hydrogens is 672 g/mol. The fraction of sp³-hybridized carbons (Fsp3) is 0.550. The number of carbonyl (C=O) groups is 6. The zero-order chi connectivity index (χ0) is 41.2. The highest BCUT2D eigenvalue weighted by Crippen LogP contribution is 2.23. The second-order valence-electron chi connectivity index (χ2n) is 9.94. The van der Waals surface area contributed by atoms with Crippen molar-refractivity contribution in [3.8, 4) is 0 Å². The molecule has 12 heteroatoms. The maximum Gasteiger partial charge on any atom is 0.306 e. The van der Waals surface area contributed by atoms with Crippen LogP contribution in [0.15, 0.2) is 72.8 Å². The SMILES string of the molecule is CCCC.CCCC.CCCCOC=O.CCCCOC=O.O=C(O)C1CCCCC1.O=CO.O=CO.O=CO.c1ccccc1.c1ccccc1. The molecule has 1 fully saturated rings. The fourth-order valence-electron chi connectivity index (χ4n) is 2.67. The van der Waals surface area contributed by atoms with E-state index in [1.807, 2.05) is 86.6 Å². The van der Waals surface area contributed by atoms with Crippen LogP contribution in [0.1, 0.15) is 125 Å². The number of benzene rings is 2. The van der Waals surface area contributed by atoms with Gasteiger partial charge in [-0.15, -0.1) is 0 Å². The molecule has 3 rings (SSSR count). The van der Waals surface area contributed by atoms with E-state index >= 15 is 0 Å². The summed E-state index contributed by atoms with van der Waals surface area (Å²) in [6, 6.07) is 24.0. The molecule has 0 aromatic heterocycles. The van der Waals surface area contributed by atoms with E-state index in [9.17, 15) is 14.4 Å². The Kier molecular flexibility index (Phi) is 91.5. The van der Waals surface area contributed by atoms with Crippen LogP contribution in [0.2, 0.25) is 0 Å². The van der Waals surface area contributed by atoms with E-state index in [1.165, 1.54) is 32.1 Å². The van der Waals surface area contributed by atoms with Crippen molar-refractivity contribution < 1.29 is 58.7 Å². The lowest BCUT2D eigenvalue weighted by Gasteiger charge is -2.16. The second kappa shape index (κ2) is 76.2. The lowest BCUT2D eigenvalue weighted by atomic mass is 9.90. The number of carboxylic acids is 1. The van der Waals surface area contributed by atoms with Crippen LogP contribution in [-0.4, -0.2) is 72.0 Å². The van der Waals surface area contributed by atoms with Crippen molar-refractivity contribution in [2.45, 2.75) is 125 Å². The van der Waals surface area contributed by atoms with Gasteiger partial charge in [0.2, 0.25) is 0 Å². The minimum atomic E-state index is -0.602. The van der Waals surface area contributed by atoms with Gasteiger partial charge in [0.1, 0.15) is 0 Å². The summed E-state index contributed by atoms with van der Waals surface area (Å²) in [5, 5.41) is 29.2. The van der Waals surface area contributed by atoms with Crippen LogP contribution in [0.25, 0.3) is 0 Å². The van der Waals surface area contributed by atoms with Gasteiger partial charge in [-0.2, -0.15) is 0 Å². The summed E-state index contributed by atoms with van der Waals surface area (Å²) < 4.78 is 8.79. The fourth-order valence-corrected chi connectivity index (χ4v) is 2.67. The molecule has 0 spiro atoms. The minimum Gasteiger partial charge on any atom is -0.483 e. The summed E-state index contributed by atoms with van der Waals surface area (Å²) >= 11 is 0. The Bertz CT molecular complexity index is 742. The molecular formula is C40H70O12. The highest BCUT2D eigenvalue weighted by Gasteiger charge is 2.19. The number of hydrogen-bond donors (Lipinski definition) is 4. The molecule has 302 valence electrons. The maximum atomic E-state index is 10.4. The first kappa shape index (κ1) is 62.4. The van der Waals surface area contributed by atoms with Gasteiger partial charge >= 0.3 is 5.97 Å². The van der Waals surface area contributed by atoms with E-state index in [2.05, 4.69) is 37.2 Å². The molecule has 1 saturated carbocycles. The average Bonchev–Trinajstić information content (AvgIpc) is 3.19. The van der Waals surface area contributed by atoms with Gasteiger partial charge in [0.15, 0.2) is 0 Å². The Morgan fingerprint density at radius 3 is 0.865 bits per heavy atom. The van der Waals surface area contributed by atoms with Gasteiger partial charge in [0.05, 0.1) is 19.1 Å².